The Morgan fingerprint density at radius 3 is 2.81 bits per heavy atom. The highest BCUT2D eigenvalue weighted by Crippen LogP contribution is 2.32. The lowest BCUT2D eigenvalue weighted by Crippen LogP contribution is -2.09. The number of rotatable bonds is 4. The van der Waals surface area contributed by atoms with Crippen molar-refractivity contribution in [3.05, 3.63) is 36.0 Å². The molecule has 2 rings (SSSR count). The highest BCUT2D eigenvalue weighted by Gasteiger charge is 2.19. The van der Waals surface area contributed by atoms with Crippen LogP contribution in [-0.4, -0.2) is 11.3 Å². The van der Waals surface area contributed by atoms with E-state index in [-0.39, 0.29) is 5.92 Å². The zero-order chi connectivity index (χ0) is 11.5. The lowest BCUT2D eigenvalue weighted by molar-refractivity contribution is -0.111. The average Bonchev–Trinajstić information content (AvgIpc) is 2.74. The van der Waals surface area contributed by atoms with Gasteiger partial charge in [0, 0.05) is 23.0 Å². The number of aromatic amines is 1. The lowest BCUT2D eigenvalue weighted by atomic mass is 9.86. The topological polar surface area (TPSA) is 32.9 Å². The van der Waals surface area contributed by atoms with Gasteiger partial charge >= 0.3 is 0 Å². The first-order valence-corrected chi connectivity index (χ1v) is 5.79. The lowest BCUT2D eigenvalue weighted by Gasteiger charge is -2.17. The molecular weight excluding hydrogens is 198 g/mol. The molecule has 0 amide bonds. The van der Waals surface area contributed by atoms with Crippen molar-refractivity contribution >= 4 is 17.2 Å². The number of para-hydroxylation sites is 1. The van der Waals surface area contributed by atoms with Crippen molar-refractivity contribution in [3.63, 3.8) is 0 Å². The van der Waals surface area contributed by atoms with E-state index in [0.717, 1.165) is 18.2 Å². The van der Waals surface area contributed by atoms with E-state index in [9.17, 15) is 4.79 Å². The molecule has 1 aromatic heterocycles. The molecule has 2 heteroatoms. The fourth-order valence-electron chi connectivity index (χ4n) is 2.37. The van der Waals surface area contributed by atoms with Crippen LogP contribution < -0.4 is 0 Å². The van der Waals surface area contributed by atoms with E-state index in [0.29, 0.717) is 5.92 Å². The maximum atomic E-state index is 10.9. The number of aromatic nitrogens is 1. The predicted octanol–water partition coefficient (Wildman–Crippen LogP) is 3.50. The number of carbonyl (C=O) groups excluding carboxylic acids is 1. The number of carbonyl (C=O) groups is 1. The Bertz CT molecular complexity index is 486. The number of H-pyrrole nitrogens is 1. The molecule has 0 aliphatic heterocycles. The number of hydrogen-bond acceptors (Lipinski definition) is 1. The molecule has 0 saturated carbocycles. The first-order valence-electron chi connectivity index (χ1n) is 5.79. The maximum Gasteiger partial charge on any atom is 0.123 e. The summed E-state index contributed by atoms with van der Waals surface area (Å²) in [4.78, 5) is 14.2. The van der Waals surface area contributed by atoms with Crippen LogP contribution in [-0.2, 0) is 4.79 Å². The molecule has 2 atom stereocenters. The Hall–Kier alpha value is -1.57. The molecule has 1 unspecified atom stereocenters. The Morgan fingerprint density at radius 1 is 1.38 bits per heavy atom. The van der Waals surface area contributed by atoms with Gasteiger partial charge in [-0.3, -0.25) is 0 Å². The van der Waals surface area contributed by atoms with E-state index in [2.05, 4.69) is 24.0 Å². The molecule has 1 N–H and O–H groups in total. The van der Waals surface area contributed by atoms with Crippen LogP contribution in [0.5, 0.6) is 0 Å². The SMILES string of the molecule is CC[C@H](c1c[nH]c2ccccc12)C(C)C=O. The van der Waals surface area contributed by atoms with Gasteiger partial charge in [0.15, 0.2) is 0 Å². The van der Waals surface area contributed by atoms with Gasteiger partial charge in [-0.05, 0) is 24.0 Å². The van der Waals surface area contributed by atoms with Gasteiger partial charge in [0.2, 0.25) is 0 Å². The van der Waals surface area contributed by atoms with E-state index >= 15 is 0 Å². The van der Waals surface area contributed by atoms with E-state index in [1.54, 1.807) is 0 Å². The van der Waals surface area contributed by atoms with E-state index in [1.165, 1.54) is 10.9 Å². The van der Waals surface area contributed by atoms with Crippen LogP contribution in [0.4, 0.5) is 0 Å². The Morgan fingerprint density at radius 2 is 2.12 bits per heavy atom. The molecule has 0 aliphatic rings. The minimum atomic E-state index is 0.0733. The molecule has 16 heavy (non-hydrogen) atoms. The van der Waals surface area contributed by atoms with Crippen LogP contribution in [0.3, 0.4) is 0 Å². The van der Waals surface area contributed by atoms with E-state index in [4.69, 9.17) is 0 Å². The zero-order valence-corrected chi connectivity index (χ0v) is 9.73. The van der Waals surface area contributed by atoms with Gasteiger partial charge in [-0.25, -0.2) is 0 Å². The maximum absolute atomic E-state index is 10.9. The Labute approximate surface area is 95.7 Å². The highest BCUT2D eigenvalue weighted by molar-refractivity contribution is 5.84. The largest absolute Gasteiger partial charge is 0.361 e. The van der Waals surface area contributed by atoms with Gasteiger partial charge in [0.05, 0.1) is 0 Å². The molecule has 2 aromatic rings. The summed E-state index contributed by atoms with van der Waals surface area (Å²) in [5, 5.41) is 1.24. The Kier molecular flexibility index (Phi) is 3.09. The van der Waals surface area contributed by atoms with Gasteiger partial charge < -0.3 is 9.78 Å². The molecule has 0 fully saturated rings. The summed E-state index contributed by atoms with van der Waals surface area (Å²) in [6.07, 6.45) is 4.08. The molecule has 2 nitrogen and oxygen atoms in total. The number of fused-ring (bicyclic) bond motifs is 1. The molecule has 0 bridgehead atoms. The van der Waals surface area contributed by atoms with Gasteiger partial charge in [0.25, 0.3) is 0 Å². The van der Waals surface area contributed by atoms with Crippen LogP contribution in [0.1, 0.15) is 31.7 Å². The van der Waals surface area contributed by atoms with E-state index < -0.39 is 0 Å². The molecule has 1 aromatic carbocycles. The molecule has 0 radical (unpaired) electrons. The third-order valence-electron chi connectivity index (χ3n) is 3.31. The van der Waals surface area contributed by atoms with Crippen molar-refractivity contribution in [1.82, 2.24) is 4.98 Å². The Balaban J connectivity index is 2.49. The quantitative estimate of drug-likeness (QED) is 0.778. The molecule has 84 valence electrons. The van der Waals surface area contributed by atoms with Gasteiger partial charge in [-0.15, -0.1) is 0 Å². The number of hydrogen-bond donors (Lipinski definition) is 1. The second-order valence-electron chi connectivity index (χ2n) is 4.30. The summed E-state index contributed by atoms with van der Waals surface area (Å²) in [7, 11) is 0. The van der Waals surface area contributed by atoms with Gasteiger partial charge in [0.1, 0.15) is 6.29 Å². The summed E-state index contributed by atoms with van der Waals surface area (Å²) in [6, 6.07) is 8.24. The van der Waals surface area contributed by atoms with Gasteiger partial charge in [-0.1, -0.05) is 32.0 Å². The minimum absolute atomic E-state index is 0.0733. The number of aldehydes is 1. The first-order chi connectivity index (χ1) is 7.77. The average molecular weight is 215 g/mol. The smallest absolute Gasteiger partial charge is 0.123 e. The van der Waals surface area contributed by atoms with Crippen LogP contribution in [0.2, 0.25) is 0 Å². The third-order valence-corrected chi connectivity index (χ3v) is 3.31. The van der Waals surface area contributed by atoms with Crippen LogP contribution >= 0.6 is 0 Å². The molecule has 1 heterocycles. The summed E-state index contributed by atoms with van der Waals surface area (Å²) >= 11 is 0. The number of benzene rings is 1. The van der Waals surface area contributed by atoms with Gasteiger partial charge in [-0.2, -0.15) is 0 Å². The van der Waals surface area contributed by atoms with Crippen LogP contribution in [0.15, 0.2) is 30.5 Å². The second-order valence-corrected chi connectivity index (χ2v) is 4.30. The van der Waals surface area contributed by atoms with Crippen molar-refractivity contribution in [2.75, 3.05) is 0 Å². The first kappa shape index (κ1) is 10.9. The summed E-state index contributed by atoms with van der Waals surface area (Å²) in [6.45, 7) is 4.12. The summed E-state index contributed by atoms with van der Waals surface area (Å²) < 4.78 is 0. The number of nitrogens with one attached hydrogen (secondary N) is 1. The normalized spacial score (nSPS) is 14.9. The van der Waals surface area contributed by atoms with Crippen molar-refractivity contribution in [2.45, 2.75) is 26.2 Å². The predicted molar refractivity (Wildman–Crippen MR) is 66.6 cm³/mol. The molecule has 0 spiro atoms. The second kappa shape index (κ2) is 4.52. The standard InChI is InChI=1S/C14H17NO/c1-3-11(10(2)9-16)13-8-15-14-7-5-4-6-12(13)14/h4-11,15H,3H2,1-2H3/t10?,11-/m0/s1. The van der Waals surface area contributed by atoms with Crippen molar-refractivity contribution < 1.29 is 4.79 Å². The summed E-state index contributed by atoms with van der Waals surface area (Å²) in [5.41, 5.74) is 2.41. The monoisotopic (exact) mass is 215 g/mol. The highest BCUT2D eigenvalue weighted by atomic mass is 16.1. The van der Waals surface area contributed by atoms with E-state index in [1.807, 2.05) is 25.3 Å². The van der Waals surface area contributed by atoms with Crippen LogP contribution in [0, 0.1) is 5.92 Å². The van der Waals surface area contributed by atoms with Crippen molar-refractivity contribution in [2.24, 2.45) is 5.92 Å². The summed E-state index contributed by atoms with van der Waals surface area (Å²) in [5.74, 6) is 0.387. The van der Waals surface area contributed by atoms with Crippen LogP contribution in [0.25, 0.3) is 10.9 Å². The minimum Gasteiger partial charge on any atom is -0.361 e. The molecular formula is C14H17NO. The third kappa shape index (κ3) is 1.75. The fourth-order valence-corrected chi connectivity index (χ4v) is 2.37. The van der Waals surface area contributed by atoms with Crippen molar-refractivity contribution in [1.29, 1.82) is 0 Å². The van der Waals surface area contributed by atoms with Crippen molar-refractivity contribution in [3.8, 4) is 0 Å². The molecule has 0 saturated heterocycles. The fraction of sp³-hybridized carbons (Fsp3) is 0.357. The molecule has 0 aliphatic carbocycles. The zero-order valence-electron chi connectivity index (χ0n) is 9.73.